The van der Waals surface area contributed by atoms with Crippen LogP contribution in [0, 0.1) is 0 Å². The first-order valence-electron chi connectivity index (χ1n) is 6.48. The Morgan fingerprint density at radius 2 is 1.82 bits per heavy atom. The SMILES string of the molecule is CC(C)(C)NS(=O)(=O)c1ccc(C(=O)Nc2ncn[nH]2)cc1. The van der Waals surface area contributed by atoms with Crippen molar-refractivity contribution >= 4 is 21.9 Å². The number of aromatic amines is 1. The number of carbonyl (C=O) groups excluding carboxylic acids is 1. The van der Waals surface area contributed by atoms with Gasteiger partial charge in [0.15, 0.2) is 0 Å². The molecule has 0 fully saturated rings. The Hall–Kier alpha value is -2.26. The summed E-state index contributed by atoms with van der Waals surface area (Å²) < 4.78 is 26.8. The molecule has 0 saturated heterocycles. The molecule has 0 spiro atoms. The van der Waals surface area contributed by atoms with Gasteiger partial charge >= 0.3 is 0 Å². The van der Waals surface area contributed by atoms with Gasteiger partial charge in [-0.3, -0.25) is 10.1 Å². The van der Waals surface area contributed by atoms with Gasteiger partial charge in [0, 0.05) is 11.1 Å². The summed E-state index contributed by atoms with van der Waals surface area (Å²) in [5, 5.41) is 8.61. The normalized spacial score (nSPS) is 12.1. The fourth-order valence-electron chi connectivity index (χ4n) is 1.69. The third-order valence-corrected chi connectivity index (χ3v) is 4.29. The van der Waals surface area contributed by atoms with E-state index in [4.69, 9.17) is 0 Å². The second-order valence-corrected chi connectivity index (χ2v) is 7.35. The summed E-state index contributed by atoms with van der Waals surface area (Å²) in [6.07, 6.45) is 1.27. The third kappa shape index (κ3) is 4.12. The molecule has 1 amide bonds. The van der Waals surface area contributed by atoms with E-state index in [1.165, 1.54) is 30.6 Å². The Morgan fingerprint density at radius 1 is 1.18 bits per heavy atom. The Balaban J connectivity index is 2.15. The van der Waals surface area contributed by atoms with E-state index >= 15 is 0 Å². The molecule has 0 aliphatic heterocycles. The lowest BCUT2D eigenvalue weighted by molar-refractivity contribution is 0.102. The molecule has 0 saturated carbocycles. The average molecular weight is 323 g/mol. The first-order valence-corrected chi connectivity index (χ1v) is 7.96. The van der Waals surface area contributed by atoms with Gasteiger partial charge in [-0.05, 0) is 45.0 Å². The molecule has 1 heterocycles. The topological polar surface area (TPSA) is 117 Å². The van der Waals surface area contributed by atoms with E-state index in [9.17, 15) is 13.2 Å². The number of carbonyl (C=O) groups is 1. The van der Waals surface area contributed by atoms with Crippen LogP contribution >= 0.6 is 0 Å². The molecular weight excluding hydrogens is 306 g/mol. The number of aromatic nitrogens is 3. The molecule has 3 N–H and O–H groups in total. The Bertz CT molecular complexity index is 746. The minimum atomic E-state index is -3.62. The molecule has 0 radical (unpaired) electrons. The lowest BCUT2D eigenvalue weighted by atomic mass is 10.1. The third-order valence-electron chi connectivity index (χ3n) is 2.51. The Kier molecular flexibility index (Phi) is 4.29. The quantitative estimate of drug-likeness (QED) is 0.780. The zero-order valence-corrected chi connectivity index (χ0v) is 13.2. The van der Waals surface area contributed by atoms with Gasteiger partial charge in [0.05, 0.1) is 4.90 Å². The number of nitrogens with zero attached hydrogens (tertiary/aromatic N) is 2. The maximum atomic E-state index is 12.2. The van der Waals surface area contributed by atoms with Gasteiger partial charge in [-0.1, -0.05) is 0 Å². The van der Waals surface area contributed by atoms with E-state index in [0.29, 0.717) is 5.56 Å². The first-order chi connectivity index (χ1) is 10.2. The zero-order chi connectivity index (χ0) is 16.4. The van der Waals surface area contributed by atoms with Crippen molar-refractivity contribution in [2.75, 3.05) is 5.32 Å². The highest BCUT2D eigenvalue weighted by Gasteiger charge is 2.22. The lowest BCUT2D eigenvalue weighted by Gasteiger charge is -2.20. The van der Waals surface area contributed by atoms with Crippen molar-refractivity contribution in [3.05, 3.63) is 36.2 Å². The molecule has 22 heavy (non-hydrogen) atoms. The second kappa shape index (κ2) is 5.85. The molecular formula is C13H17N5O3S. The van der Waals surface area contributed by atoms with Crippen LogP contribution in [0.3, 0.4) is 0 Å². The van der Waals surface area contributed by atoms with Crippen molar-refractivity contribution in [3.63, 3.8) is 0 Å². The Labute approximate surface area is 128 Å². The molecule has 0 aliphatic carbocycles. The Morgan fingerprint density at radius 3 is 2.32 bits per heavy atom. The van der Waals surface area contributed by atoms with Crippen molar-refractivity contribution in [1.29, 1.82) is 0 Å². The molecule has 8 nitrogen and oxygen atoms in total. The van der Waals surface area contributed by atoms with Gasteiger partial charge in [0.25, 0.3) is 5.91 Å². The molecule has 0 aliphatic rings. The highest BCUT2D eigenvalue weighted by Crippen LogP contribution is 2.14. The van der Waals surface area contributed by atoms with Gasteiger partial charge in [-0.2, -0.15) is 10.1 Å². The van der Waals surface area contributed by atoms with Crippen LogP contribution in [0.2, 0.25) is 0 Å². The van der Waals surface area contributed by atoms with E-state index in [-0.39, 0.29) is 10.8 Å². The first kappa shape index (κ1) is 16.1. The van der Waals surface area contributed by atoms with Gasteiger partial charge in [0.2, 0.25) is 16.0 Å². The van der Waals surface area contributed by atoms with Gasteiger partial charge in [-0.15, -0.1) is 0 Å². The molecule has 2 aromatic rings. The van der Waals surface area contributed by atoms with Gasteiger partial charge in [0.1, 0.15) is 6.33 Å². The smallest absolute Gasteiger partial charge is 0.258 e. The summed E-state index contributed by atoms with van der Waals surface area (Å²) in [5.41, 5.74) is -0.271. The summed E-state index contributed by atoms with van der Waals surface area (Å²) in [5.74, 6) is -0.194. The van der Waals surface area contributed by atoms with Crippen LogP contribution in [0.25, 0.3) is 0 Å². The van der Waals surface area contributed by atoms with Crippen molar-refractivity contribution in [2.24, 2.45) is 0 Å². The minimum Gasteiger partial charge on any atom is -0.291 e. The van der Waals surface area contributed by atoms with Crippen molar-refractivity contribution in [1.82, 2.24) is 19.9 Å². The molecule has 9 heteroatoms. The zero-order valence-electron chi connectivity index (χ0n) is 12.4. The molecule has 2 rings (SSSR count). The average Bonchev–Trinajstić information content (AvgIpc) is 2.89. The number of hydrogen-bond donors (Lipinski definition) is 3. The number of sulfonamides is 1. The maximum absolute atomic E-state index is 12.2. The van der Waals surface area contributed by atoms with E-state index in [0.717, 1.165) is 0 Å². The van der Waals surface area contributed by atoms with Crippen LogP contribution < -0.4 is 10.0 Å². The fourth-order valence-corrected chi connectivity index (χ4v) is 3.11. The number of H-pyrrole nitrogens is 1. The molecule has 1 aromatic carbocycles. The number of nitrogens with one attached hydrogen (secondary N) is 3. The highest BCUT2D eigenvalue weighted by molar-refractivity contribution is 7.89. The van der Waals surface area contributed by atoms with Crippen molar-refractivity contribution < 1.29 is 13.2 Å². The van der Waals surface area contributed by atoms with Crippen LogP contribution in [-0.2, 0) is 10.0 Å². The van der Waals surface area contributed by atoms with Crippen molar-refractivity contribution in [3.8, 4) is 0 Å². The fraction of sp³-hybridized carbons (Fsp3) is 0.308. The van der Waals surface area contributed by atoms with E-state index in [1.807, 2.05) is 0 Å². The van der Waals surface area contributed by atoms with Crippen LogP contribution in [0.1, 0.15) is 31.1 Å². The number of rotatable bonds is 4. The summed E-state index contributed by atoms with van der Waals surface area (Å²) in [6, 6.07) is 5.62. The lowest BCUT2D eigenvalue weighted by Crippen LogP contribution is -2.40. The van der Waals surface area contributed by atoms with E-state index in [1.54, 1.807) is 20.8 Å². The van der Waals surface area contributed by atoms with Gasteiger partial charge < -0.3 is 0 Å². The van der Waals surface area contributed by atoms with Gasteiger partial charge in [-0.25, -0.2) is 18.2 Å². The number of amides is 1. The summed E-state index contributed by atoms with van der Waals surface area (Å²) in [6.45, 7) is 5.26. The summed E-state index contributed by atoms with van der Waals surface area (Å²) in [4.78, 5) is 15.8. The number of hydrogen-bond acceptors (Lipinski definition) is 5. The van der Waals surface area contributed by atoms with E-state index < -0.39 is 21.5 Å². The molecule has 0 bridgehead atoms. The standard InChI is InChI=1S/C13H17N5O3S/c1-13(2,3)18-22(20,21)10-6-4-9(5-7-10)11(19)16-12-14-8-15-17-12/h4-8,18H,1-3H3,(H2,14,15,16,17,19). The van der Waals surface area contributed by atoms with Crippen LogP contribution in [0.4, 0.5) is 5.95 Å². The molecule has 0 unspecified atom stereocenters. The van der Waals surface area contributed by atoms with Crippen LogP contribution in [0.5, 0.6) is 0 Å². The predicted molar refractivity (Wildman–Crippen MR) is 80.9 cm³/mol. The maximum Gasteiger partial charge on any atom is 0.258 e. The van der Waals surface area contributed by atoms with Crippen LogP contribution in [-0.4, -0.2) is 35.0 Å². The summed E-state index contributed by atoms with van der Waals surface area (Å²) >= 11 is 0. The van der Waals surface area contributed by atoms with E-state index in [2.05, 4.69) is 25.2 Å². The molecule has 1 aromatic heterocycles. The van der Waals surface area contributed by atoms with Crippen molar-refractivity contribution in [2.45, 2.75) is 31.2 Å². The molecule has 118 valence electrons. The predicted octanol–water partition coefficient (Wildman–Crippen LogP) is 1.13. The minimum absolute atomic E-state index is 0.0960. The highest BCUT2D eigenvalue weighted by atomic mass is 32.2. The molecule has 0 atom stereocenters. The summed E-state index contributed by atoms with van der Waals surface area (Å²) in [7, 11) is -3.62. The second-order valence-electron chi connectivity index (χ2n) is 5.67. The largest absolute Gasteiger partial charge is 0.291 e. The van der Waals surface area contributed by atoms with Crippen LogP contribution in [0.15, 0.2) is 35.5 Å². The monoisotopic (exact) mass is 323 g/mol. The number of benzene rings is 1. The number of anilines is 1.